The highest BCUT2D eigenvalue weighted by molar-refractivity contribution is 7.89. The third kappa shape index (κ3) is 5.14. The Morgan fingerprint density at radius 2 is 1.90 bits per heavy atom. The SMILES string of the molecule is CC(C)(C)OC(=O)N[C@@H]1CCCN(c2cc(-c3ccc4c(c3)CN(C(C)(C)C)S4(=O)=O)n3ncnc(N)c23)C1. The van der Waals surface area contributed by atoms with E-state index in [9.17, 15) is 13.2 Å². The third-order valence-electron chi connectivity index (χ3n) is 7.03. The van der Waals surface area contributed by atoms with Crippen molar-refractivity contribution in [3.05, 3.63) is 36.2 Å². The van der Waals surface area contributed by atoms with E-state index < -0.39 is 27.3 Å². The average molecular weight is 556 g/mol. The fraction of sp³-hybridized carbons (Fsp3) is 0.519. The van der Waals surface area contributed by atoms with Crippen molar-refractivity contribution in [1.82, 2.24) is 24.2 Å². The molecule has 2 aliphatic heterocycles. The van der Waals surface area contributed by atoms with Gasteiger partial charge in [0, 0.05) is 36.8 Å². The van der Waals surface area contributed by atoms with Crippen molar-refractivity contribution >= 4 is 33.1 Å². The van der Waals surface area contributed by atoms with Gasteiger partial charge < -0.3 is 20.7 Å². The summed E-state index contributed by atoms with van der Waals surface area (Å²) in [6, 6.07) is 7.34. The van der Waals surface area contributed by atoms with Gasteiger partial charge in [0.25, 0.3) is 0 Å². The molecule has 2 aromatic heterocycles. The quantitative estimate of drug-likeness (QED) is 0.499. The lowest BCUT2D eigenvalue weighted by molar-refractivity contribution is 0.0500. The number of nitrogen functional groups attached to an aromatic ring is 1. The molecule has 3 aromatic rings. The molecule has 1 amide bonds. The van der Waals surface area contributed by atoms with E-state index in [4.69, 9.17) is 10.5 Å². The summed E-state index contributed by atoms with van der Waals surface area (Å²) in [4.78, 5) is 19.2. The first kappa shape index (κ1) is 27.2. The van der Waals surface area contributed by atoms with Crippen molar-refractivity contribution in [1.29, 1.82) is 0 Å². The number of carbonyl (C=O) groups is 1. The van der Waals surface area contributed by atoms with Crippen LogP contribution >= 0.6 is 0 Å². The fourth-order valence-corrected chi connectivity index (χ4v) is 7.32. The maximum absolute atomic E-state index is 13.2. The van der Waals surface area contributed by atoms with Gasteiger partial charge >= 0.3 is 6.09 Å². The molecule has 1 atom stereocenters. The number of carbonyl (C=O) groups excluding carboxylic acids is 1. The summed E-state index contributed by atoms with van der Waals surface area (Å²) in [5, 5.41) is 7.49. The van der Waals surface area contributed by atoms with Gasteiger partial charge in [-0.3, -0.25) is 0 Å². The van der Waals surface area contributed by atoms with E-state index in [0.29, 0.717) is 29.3 Å². The number of hydrogen-bond acceptors (Lipinski definition) is 8. The van der Waals surface area contributed by atoms with Crippen LogP contribution < -0.4 is 16.0 Å². The molecule has 0 unspecified atom stereocenters. The van der Waals surface area contributed by atoms with E-state index in [1.165, 1.54) is 10.6 Å². The van der Waals surface area contributed by atoms with Crippen LogP contribution in [0.25, 0.3) is 16.8 Å². The Hall–Kier alpha value is -3.38. The van der Waals surface area contributed by atoms with E-state index >= 15 is 0 Å². The maximum Gasteiger partial charge on any atom is 0.407 e. The van der Waals surface area contributed by atoms with E-state index in [2.05, 4.69) is 20.3 Å². The van der Waals surface area contributed by atoms with Crippen molar-refractivity contribution < 1.29 is 17.9 Å². The molecule has 3 N–H and O–H groups in total. The van der Waals surface area contributed by atoms with Crippen LogP contribution in [0.5, 0.6) is 0 Å². The first-order chi connectivity index (χ1) is 18.1. The van der Waals surface area contributed by atoms with Crippen LogP contribution in [-0.4, -0.2) is 63.7 Å². The summed E-state index contributed by atoms with van der Waals surface area (Å²) in [7, 11) is -3.56. The molecule has 0 bridgehead atoms. The molecule has 0 spiro atoms. The van der Waals surface area contributed by atoms with Gasteiger partial charge in [0.05, 0.1) is 16.3 Å². The van der Waals surface area contributed by atoms with Gasteiger partial charge in [0.15, 0.2) is 5.82 Å². The predicted molar refractivity (Wildman–Crippen MR) is 150 cm³/mol. The number of anilines is 2. The summed E-state index contributed by atoms with van der Waals surface area (Å²) >= 11 is 0. The number of nitrogens with zero attached hydrogens (tertiary/aromatic N) is 5. The summed E-state index contributed by atoms with van der Waals surface area (Å²) < 4.78 is 35.1. The van der Waals surface area contributed by atoms with E-state index in [1.54, 1.807) is 10.6 Å². The number of benzene rings is 1. The second-order valence-corrected chi connectivity index (χ2v) is 14.1. The number of hydrogen-bond donors (Lipinski definition) is 2. The number of rotatable bonds is 3. The Labute approximate surface area is 229 Å². The number of aromatic nitrogens is 3. The van der Waals surface area contributed by atoms with Gasteiger partial charge in [-0.05, 0) is 78.1 Å². The second kappa shape index (κ2) is 9.37. The van der Waals surface area contributed by atoms with E-state index in [0.717, 1.165) is 41.9 Å². The van der Waals surface area contributed by atoms with Gasteiger partial charge in [0.1, 0.15) is 17.4 Å². The molecule has 0 saturated carbocycles. The molecule has 39 heavy (non-hydrogen) atoms. The minimum absolute atomic E-state index is 0.0913. The largest absolute Gasteiger partial charge is 0.444 e. The van der Waals surface area contributed by atoms with E-state index in [1.807, 2.05) is 59.7 Å². The standard InChI is InChI=1S/C27H37N7O4S/c1-26(2,3)33-14-18-12-17(9-10-22(18)39(33,36)37)20-13-21(23-24(28)29-16-30-34(20)23)32-11-7-8-19(15-32)31-25(35)38-27(4,5)6/h9-10,12-13,16,19H,7-8,11,14-15H2,1-6H3,(H,31,35)(H2,28,29,30)/t19-/m1/s1. The topological polar surface area (TPSA) is 135 Å². The summed E-state index contributed by atoms with van der Waals surface area (Å²) in [6.45, 7) is 12.9. The Bertz CT molecular complexity index is 1540. The molecule has 0 aliphatic carbocycles. The lowest BCUT2D eigenvalue weighted by Gasteiger charge is -2.34. The first-order valence-electron chi connectivity index (χ1n) is 13.2. The monoisotopic (exact) mass is 555 g/mol. The van der Waals surface area contributed by atoms with Crippen LogP contribution in [0.3, 0.4) is 0 Å². The van der Waals surface area contributed by atoms with Gasteiger partial charge in [0.2, 0.25) is 10.0 Å². The number of fused-ring (bicyclic) bond motifs is 2. The summed E-state index contributed by atoms with van der Waals surface area (Å²) in [5.41, 5.74) is 9.16. The number of nitrogens with two attached hydrogens (primary N) is 1. The molecule has 1 fully saturated rings. The molecule has 1 saturated heterocycles. The number of piperidine rings is 1. The first-order valence-corrected chi connectivity index (χ1v) is 14.6. The molecule has 4 heterocycles. The minimum atomic E-state index is -3.56. The zero-order valence-corrected chi connectivity index (χ0v) is 24.2. The number of ether oxygens (including phenoxy) is 1. The number of amides is 1. The molecule has 2 aliphatic rings. The zero-order valence-electron chi connectivity index (χ0n) is 23.4. The zero-order chi connectivity index (χ0) is 28.3. The highest BCUT2D eigenvalue weighted by Crippen LogP contribution is 2.40. The molecule has 0 radical (unpaired) electrons. The van der Waals surface area contributed by atoms with Gasteiger partial charge in [-0.2, -0.15) is 9.40 Å². The highest BCUT2D eigenvalue weighted by Gasteiger charge is 2.41. The Kier molecular flexibility index (Phi) is 6.53. The highest BCUT2D eigenvalue weighted by atomic mass is 32.2. The third-order valence-corrected chi connectivity index (χ3v) is 9.24. The van der Waals surface area contributed by atoms with Crippen LogP contribution in [0.1, 0.15) is 59.9 Å². The van der Waals surface area contributed by atoms with Gasteiger partial charge in [-0.1, -0.05) is 6.07 Å². The lowest BCUT2D eigenvalue weighted by atomic mass is 10.0. The Morgan fingerprint density at radius 3 is 2.59 bits per heavy atom. The molecule has 210 valence electrons. The van der Waals surface area contributed by atoms with Gasteiger partial charge in [-0.15, -0.1) is 0 Å². The predicted octanol–water partition coefficient (Wildman–Crippen LogP) is 3.77. The molecular weight excluding hydrogens is 518 g/mol. The van der Waals surface area contributed by atoms with E-state index in [-0.39, 0.29) is 6.04 Å². The maximum atomic E-state index is 13.2. The molecule has 5 rings (SSSR count). The van der Waals surface area contributed by atoms with Crippen LogP contribution in [0.4, 0.5) is 16.3 Å². The number of alkyl carbamates (subject to hydrolysis) is 1. The van der Waals surface area contributed by atoms with Crippen molar-refractivity contribution in [2.24, 2.45) is 0 Å². The van der Waals surface area contributed by atoms with Crippen molar-refractivity contribution in [2.45, 2.75) is 83.0 Å². The molecule has 12 heteroatoms. The van der Waals surface area contributed by atoms with Crippen LogP contribution in [0.15, 0.2) is 35.5 Å². The lowest BCUT2D eigenvalue weighted by Crippen LogP contribution is -2.49. The molecular formula is C27H37N7O4S. The Balaban J connectivity index is 1.50. The Morgan fingerprint density at radius 1 is 1.15 bits per heavy atom. The number of sulfonamides is 1. The smallest absolute Gasteiger partial charge is 0.407 e. The van der Waals surface area contributed by atoms with Gasteiger partial charge in [-0.25, -0.2) is 22.7 Å². The van der Waals surface area contributed by atoms with Crippen molar-refractivity contribution in [3.8, 4) is 11.3 Å². The molecule has 1 aromatic carbocycles. The van der Waals surface area contributed by atoms with Crippen LogP contribution in [0, 0.1) is 0 Å². The van der Waals surface area contributed by atoms with Crippen molar-refractivity contribution in [3.63, 3.8) is 0 Å². The number of nitrogens with one attached hydrogen (secondary N) is 1. The fourth-order valence-electron chi connectivity index (χ4n) is 5.35. The van der Waals surface area contributed by atoms with Crippen molar-refractivity contribution in [2.75, 3.05) is 23.7 Å². The normalized spacial score (nSPS) is 19.7. The van der Waals surface area contributed by atoms with Crippen LogP contribution in [-0.2, 0) is 21.3 Å². The minimum Gasteiger partial charge on any atom is -0.444 e. The summed E-state index contributed by atoms with van der Waals surface area (Å²) in [6.07, 6.45) is 2.69. The molecule has 11 nitrogen and oxygen atoms in total. The average Bonchev–Trinajstić information content (AvgIpc) is 3.34. The second-order valence-electron chi connectivity index (χ2n) is 12.3. The summed E-state index contributed by atoms with van der Waals surface area (Å²) in [5.74, 6) is 0.344. The van der Waals surface area contributed by atoms with Crippen LogP contribution in [0.2, 0.25) is 0 Å².